The predicted molar refractivity (Wildman–Crippen MR) is 147 cm³/mol. The maximum atomic E-state index is 12.9. The van der Waals surface area contributed by atoms with Gasteiger partial charge in [0, 0.05) is 24.7 Å². The summed E-state index contributed by atoms with van der Waals surface area (Å²) in [5.74, 6) is 0.531. The molecule has 192 valence electrons. The molecule has 2 aromatic carbocycles. The van der Waals surface area contributed by atoms with Crippen LogP contribution >= 0.6 is 0 Å². The Bertz CT molecular complexity index is 1150. The number of nitrogens with one attached hydrogen (secondary N) is 1. The molecule has 1 saturated heterocycles. The molecule has 6 heteroatoms. The van der Waals surface area contributed by atoms with Crippen LogP contribution in [0.4, 0.5) is 5.95 Å². The third-order valence-corrected chi connectivity index (χ3v) is 8.53. The van der Waals surface area contributed by atoms with Crippen molar-refractivity contribution in [3.8, 4) is 0 Å². The highest BCUT2D eigenvalue weighted by molar-refractivity contribution is 5.95. The maximum Gasteiger partial charge on any atom is 0.243 e. The minimum atomic E-state index is -0.555. The van der Waals surface area contributed by atoms with Gasteiger partial charge >= 0.3 is 0 Å². The predicted octanol–water partition coefficient (Wildman–Crippen LogP) is 5.84. The second-order valence-corrected chi connectivity index (χ2v) is 11.1. The molecule has 0 unspecified atom stereocenters. The number of para-hydroxylation sites is 2. The van der Waals surface area contributed by atoms with E-state index >= 15 is 0 Å². The molecule has 1 aliphatic carbocycles. The molecule has 2 fully saturated rings. The quantitative estimate of drug-likeness (QED) is 0.428. The van der Waals surface area contributed by atoms with E-state index in [0.29, 0.717) is 5.95 Å². The smallest absolute Gasteiger partial charge is 0.243 e. The lowest BCUT2D eigenvalue weighted by molar-refractivity contribution is -0.118. The van der Waals surface area contributed by atoms with Crippen molar-refractivity contribution in [2.24, 2.45) is 11.7 Å². The van der Waals surface area contributed by atoms with Gasteiger partial charge in [-0.1, -0.05) is 82.0 Å². The highest BCUT2D eigenvalue weighted by Gasteiger charge is 2.40. The van der Waals surface area contributed by atoms with Crippen molar-refractivity contribution >= 4 is 22.9 Å². The lowest BCUT2D eigenvalue weighted by atomic mass is 9.79. The van der Waals surface area contributed by atoms with Crippen LogP contribution in [0.3, 0.4) is 0 Å². The Morgan fingerprint density at radius 3 is 2.28 bits per heavy atom. The van der Waals surface area contributed by atoms with Crippen molar-refractivity contribution < 1.29 is 4.79 Å². The number of fused-ring (bicyclic) bond motifs is 1. The number of nitrogens with zero attached hydrogens (tertiary/aromatic N) is 3. The summed E-state index contributed by atoms with van der Waals surface area (Å²) in [5.41, 5.74) is 9.77. The summed E-state index contributed by atoms with van der Waals surface area (Å²) in [7, 11) is 0. The van der Waals surface area contributed by atoms with Crippen LogP contribution in [-0.4, -0.2) is 39.5 Å². The number of carbonyl (C=O) groups excluding carboxylic acids is 1. The second-order valence-electron chi connectivity index (χ2n) is 11.1. The van der Waals surface area contributed by atoms with Gasteiger partial charge in [0.1, 0.15) is 0 Å². The normalized spacial score (nSPS) is 20.3. The molecule has 6 nitrogen and oxygen atoms in total. The first kappa shape index (κ1) is 25.0. The Kier molecular flexibility index (Phi) is 7.44. The van der Waals surface area contributed by atoms with E-state index in [1.165, 1.54) is 44.1 Å². The van der Waals surface area contributed by atoms with E-state index in [9.17, 15) is 4.79 Å². The van der Waals surface area contributed by atoms with E-state index in [4.69, 9.17) is 10.7 Å². The first-order chi connectivity index (χ1) is 17.5. The largest absolute Gasteiger partial charge is 0.320 e. The van der Waals surface area contributed by atoms with E-state index in [-0.39, 0.29) is 23.4 Å². The first-order valence-electron chi connectivity index (χ1n) is 13.8. The topological polar surface area (TPSA) is 76.2 Å². The second kappa shape index (κ2) is 10.7. The minimum absolute atomic E-state index is 0.0693. The molecule has 1 amide bonds. The Morgan fingerprint density at radius 1 is 0.972 bits per heavy atom. The van der Waals surface area contributed by atoms with Gasteiger partial charge in [-0.15, -0.1) is 0 Å². The lowest BCUT2D eigenvalue weighted by Crippen LogP contribution is -2.50. The van der Waals surface area contributed by atoms with Crippen LogP contribution in [0.25, 0.3) is 11.0 Å². The highest BCUT2D eigenvalue weighted by atomic mass is 16.2. The summed E-state index contributed by atoms with van der Waals surface area (Å²) >= 11 is 0. The number of anilines is 1. The SMILES string of the molecule is CC(C)[C@H](N)C(=O)Nc1nc2ccccc2n1C1CCN(C2(c3ccccc3)CCCCCC2)CC1. The van der Waals surface area contributed by atoms with Crippen molar-refractivity contribution in [1.29, 1.82) is 0 Å². The molecule has 2 aliphatic rings. The van der Waals surface area contributed by atoms with Crippen LogP contribution in [0.2, 0.25) is 0 Å². The van der Waals surface area contributed by atoms with E-state index in [1.54, 1.807) is 0 Å². The Balaban J connectivity index is 1.41. The fourth-order valence-corrected chi connectivity index (χ4v) is 6.40. The Morgan fingerprint density at radius 2 is 1.61 bits per heavy atom. The number of carbonyl (C=O) groups is 1. The van der Waals surface area contributed by atoms with Crippen LogP contribution in [0.5, 0.6) is 0 Å². The van der Waals surface area contributed by atoms with Crippen molar-refractivity contribution in [2.45, 2.75) is 82.8 Å². The molecule has 1 atom stereocenters. The molecule has 36 heavy (non-hydrogen) atoms. The van der Waals surface area contributed by atoms with E-state index < -0.39 is 6.04 Å². The molecular weight excluding hydrogens is 446 g/mol. The number of piperidine rings is 1. The fourth-order valence-electron chi connectivity index (χ4n) is 6.40. The molecule has 3 aromatic rings. The number of hydrogen-bond donors (Lipinski definition) is 2. The zero-order valence-electron chi connectivity index (χ0n) is 21.8. The fraction of sp³-hybridized carbons (Fsp3) is 0.533. The average Bonchev–Trinajstić information content (AvgIpc) is 3.08. The van der Waals surface area contributed by atoms with Gasteiger partial charge in [0.05, 0.1) is 17.1 Å². The van der Waals surface area contributed by atoms with Crippen molar-refractivity contribution in [3.63, 3.8) is 0 Å². The first-order valence-corrected chi connectivity index (χ1v) is 13.8. The molecule has 1 saturated carbocycles. The minimum Gasteiger partial charge on any atom is -0.320 e. The molecule has 5 rings (SSSR count). The van der Waals surface area contributed by atoms with Crippen LogP contribution in [0.15, 0.2) is 54.6 Å². The molecule has 2 heterocycles. The maximum absolute atomic E-state index is 12.9. The lowest BCUT2D eigenvalue weighted by Gasteiger charge is -2.48. The monoisotopic (exact) mass is 487 g/mol. The zero-order valence-corrected chi connectivity index (χ0v) is 21.8. The number of nitrogens with two attached hydrogens (primary N) is 1. The third kappa shape index (κ3) is 4.81. The van der Waals surface area contributed by atoms with E-state index in [1.807, 2.05) is 26.0 Å². The number of benzene rings is 2. The number of hydrogen-bond acceptors (Lipinski definition) is 4. The standard InChI is InChI=1S/C30H41N5O/c1-22(2)27(31)28(36)33-29-32-25-14-8-9-15-26(25)35(29)24-16-20-34(21-17-24)30(18-10-3-4-11-19-30)23-12-6-5-7-13-23/h5-9,12-15,22,24,27H,3-4,10-11,16-21,31H2,1-2H3,(H,32,33,36)/t27-/m0/s1. The molecular formula is C30H41N5O. The summed E-state index contributed by atoms with van der Waals surface area (Å²) in [6.07, 6.45) is 9.83. The van der Waals surface area contributed by atoms with Gasteiger partial charge in [-0.2, -0.15) is 0 Å². The average molecular weight is 488 g/mol. The van der Waals surface area contributed by atoms with Crippen molar-refractivity contribution in [1.82, 2.24) is 14.5 Å². The zero-order chi connectivity index (χ0) is 25.1. The summed E-state index contributed by atoms with van der Waals surface area (Å²) in [6, 6.07) is 19.1. The van der Waals surface area contributed by atoms with Gasteiger partial charge < -0.3 is 10.3 Å². The Labute approximate surface area is 215 Å². The highest BCUT2D eigenvalue weighted by Crippen LogP contribution is 2.44. The van der Waals surface area contributed by atoms with Gasteiger partial charge in [0.25, 0.3) is 0 Å². The van der Waals surface area contributed by atoms with Crippen molar-refractivity contribution in [2.75, 3.05) is 18.4 Å². The third-order valence-electron chi connectivity index (χ3n) is 8.53. The van der Waals surface area contributed by atoms with E-state index in [2.05, 4.69) is 57.2 Å². The molecule has 0 bridgehead atoms. The summed E-state index contributed by atoms with van der Waals surface area (Å²) in [4.78, 5) is 20.4. The molecule has 3 N–H and O–H groups in total. The van der Waals surface area contributed by atoms with Gasteiger partial charge in [0.2, 0.25) is 11.9 Å². The summed E-state index contributed by atoms with van der Waals surface area (Å²) in [5, 5.41) is 3.07. The molecule has 1 aromatic heterocycles. The van der Waals surface area contributed by atoms with Gasteiger partial charge in [-0.3, -0.25) is 15.0 Å². The number of amides is 1. The Hall–Kier alpha value is -2.70. The van der Waals surface area contributed by atoms with Gasteiger partial charge in [-0.25, -0.2) is 4.98 Å². The molecule has 1 aliphatic heterocycles. The number of likely N-dealkylation sites (tertiary alicyclic amines) is 1. The number of rotatable bonds is 6. The number of aromatic nitrogens is 2. The molecule has 0 radical (unpaired) electrons. The van der Waals surface area contributed by atoms with Gasteiger partial charge in [0.15, 0.2) is 0 Å². The van der Waals surface area contributed by atoms with Crippen LogP contribution < -0.4 is 11.1 Å². The van der Waals surface area contributed by atoms with Crippen molar-refractivity contribution in [3.05, 3.63) is 60.2 Å². The number of imidazole rings is 1. The molecule has 0 spiro atoms. The van der Waals surface area contributed by atoms with Gasteiger partial charge in [-0.05, 0) is 49.3 Å². The van der Waals surface area contributed by atoms with Crippen LogP contribution in [0, 0.1) is 5.92 Å². The van der Waals surface area contributed by atoms with Crippen LogP contribution in [-0.2, 0) is 10.3 Å². The van der Waals surface area contributed by atoms with Crippen LogP contribution in [0.1, 0.15) is 76.8 Å². The summed E-state index contributed by atoms with van der Waals surface area (Å²) in [6.45, 7) is 6.04. The van der Waals surface area contributed by atoms with E-state index in [0.717, 1.165) is 37.0 Å². The summed E-state index contributed by atoms with van der Waals surface area (Å²) < 4.78 is 2.26.